The molecule has 0 fully saturated rings. The first kappa shape index (κ1) is 9.68. The Balaban J connectivity index is 4.23. The summed E-state index contributed by atoms with van der Waals surface area (Å²) in [6, 6.07) is 0. The van der Waals surface area contributed by atoms with Crippen molar-refractivity contribution in [3.8, 4) is 0 Å². The van der Waals surface area contributed by atoms with Crippen molar-refractivity contribution in [1.29, 1.82) is 0 Å². The Bertz CT molecular complexity index is 197. The zero-order chi connectivity index (χ0) is 8.85. The van der Waals surface area contributed by atoms with Gasteiger partial charge in [-0.15, -0.1) is 0 Å². The first-order valence-electron chi connectivity index (χ1n) is 3.24. The molecule has 11 heavy (non-hydrogen) atoms. The molecule has 0 saturated carbocycles. The molecular weight excluding hydrogens is 144 g/mol. The second-order valence-corrected chi connectivity index (χ2v) is 2.08. The van der Waals surface area contributed by atoms with Crippen LogP contribution >= 0.6 is 0 Å². The molecule has 0 aromatic rings. The highest BCUT2D eigenvalue weighted by Gasteiger charge is 2.03. The van der Waals surface area contributed by atoms with Gasteiger partial charge in [-0.05, 0) is 0 Å². The molecule has 0 unspecified atom stereocenters. The van der Waals surface area contributed by atoms with Gasteiger partial charge in [-0.1, -0.05) is 0 Å². The van der Waals surface area contributed by atoms with Crippen LogP contribution in [0.15, 0.2) is 11.9 Å². The minimum atomic E-state index is -0.248. The number of hydrogen-bond acceptors (Lipinski definition) is 3. The van der Waals surface area contributed by atoms with Crippen molar-refractivity contribution < 1.29 is 9.59 Å². The molecule has 1 amide bonds. The Morgan fingerprint density at radius 3 is 2.09 bits per heavy atom. The molecule has 0 aromatic heterocycles. The third-order valence-electron chi connectivity index (χ3n) is 0.979. The topological polar surface area (TPSA) is 58.2 Å². The van der Waals surface area contributed by atoms with Gasteiger partial charge in [0.2, 0.25) is 5.91 Å². The van der Waals surface area contributed by atoms with Crippen molar-refractivity contribution in [2.24, 2.45) is 0 Å². The normalized spacial score (nSPS) is 10.6. The number of carbonyl (C=O) groups excluding carboxylic acids is 2. The van der Waals surface area contributed by atoms with E-state index in [2.05, 4.69) is 10.6 Å². The lowest BCUT2D eigenvalue weighted by atomic mass is 10.3. The predicted molar refractivity (Wildman–Crippen MR) is 41.6 cm³/mol. The molecule has 2 N–H and O–H groups in total. The van der Waals surface area contributed by atoms with E-state index in [1.54, 1.807) is 7.05 Å². The molecule has 0 aliphatic heterocycles. The summed E-state index contributed by atoms with van der Waals surface area (Å²) in [7, 11) is 1.66. The Kier molecular flexibility index (Phi) is 3.95. The first-order valence-corrected chi connectivity index (χ1v) is 3.24. The third kappa shape index (κ3) is 4.13. The largest absolute Gasteiger partial charge is 0.392 e. The number of allylic oxidation sites excluding steroid dienone is 1. The highest BCUT2D eigenvalue weighted by Crippen LogP contribution is 1.87. The SMILES string of the molecule is CN/C=C(\NC(C)=O)C(C)=O. The van der Waals surface area contributed by atoms with Crippen LogP contribution in [-0.4, -0.2) is 18.7 Å². The second-order valence-electron chi connectivity index (χ2n) is 2.08. The van der Waals surface area contributed by atoms with Gasteiger partial charge in [-0.3, -0.25) is 9.59 Å². The van der Waals surface area contributed by atoms with E-state index < -0.39 is 0 Å². The standard InChI is InChI=1S/C7H12N2O2/c1-5(10)7(4-8-3)9-6(2)11/h4,8H,1-3H3,(H,9,11)/b7-4-. The zero-order valence-corrected chi connectivity index (χ0v) is 6.89. The third-order valence-corrected chi connectivity index (χ3v) is 0.979. The van der Waals surface area contributed by atoms with Crippen molar-refractivity contribution in [2.45, 2.75) is 13.8 Å². The molecule has 0 atom stereocenters. The van der Waals surface area contributed by atoms with E-state index in [1.165, 1.54) is 20.0 Å². The lowest BCUT2D eigenvalue weighted by Gasteiger charge is -2.02. The minimum absolute atomic E-state index is 0.172. The predicted octanol–water partition coefficient (Wildman–Crippen LogP) is -0.228. The number of nitrogens with one attached hydrogen (secondary N) is 2. The summed E-state index contributed by atoms with van der Waals surface area (Å²) in [4.78, 5) is 21.2. The Morgan fingerprint density at radius 2 is 1.82 bits per heavy atom. The van der Waals surface area contributed by atoms with Crippen LogP contribution in [-0.2, 0) is 9.59 Å². The summed E-state index contributed by atoms with van der Waals surface area (Å²) in [5, 5.41) is 5.05. The molecule has 0 bridgehead atoms. The number of hydrogen-bond donors (Lipinski definition) is 2. The van der Waals surface area contributed by atoms with E-state index in [0.717, 1.165) is 0 Å². The number of rotatable bonds is 3. The molecule has 0 saturated heterocycles. The molecule has 62 valence electrons. The van der Waals surface area contributed by atoms with E-state index in [1.807, 2.05) is 0 Å². The summed E-state index contributed by atoms with van der Waals surface area (Å²) < 4.78 is 0. The van der Waals surface area contributed by atoms with Crippen LogP contribution in [0, 0.1) is 0 Å². The molecule has 0 heterocycles. The van der Waals surface area contributed by atoms with Gasteiger partial charge in [0.1, 0.15) is 0 Å². The van der Waals surface area contributed by atoms with Gasteiger partial charge in [0.25, 0.3) is 0 Å². The summed E-state index contributed by atoms with van der Waals surface area (Å²) >= 11 is 0. The number of ketones is 1. The van der Waals surface area contributed by atoms with Crippen molar-refractivity contribution in [2.75, 3.05) is 7.05 Å². The van der Waals surface area contributed by atoms with Crippen molar-refractivity contribution in [3.05, 3.63) is 11.9 Å². The number of amides is 1. The molecule has 4 heteroatoms. The molecule has 0 spiro atoms. The minimum Gasteiger partial charge on any atom is -0.392 e. The summed E-state index contributed by atoms with van der Waals surface area (Å²) in [5.41, 5.74) is 0.278. The van der Waals surface area contributed by atoms with Crippen LogP contribution in [0.5, 0.6) is 0 Å². The highest BCUT2D eigenvalue weighted by atomic mass is 16.2. The van der Waals surface area contributed by atoms with E-state index in [9.17, 15) is 9.59 Å². The van der Waals surface area contributed by atoms with Gasteiger partial charge in [0, 0.05) is 27.1 Å². The van der Waals surface area contributed by atoms with Gasteiger partial charge in [-0.2, -0.15) is 0 Å². The van der Waals surface area contributed by atoms with Gasteiger partial charge in [-0.25, -0.2) is 0 Å². The zero-order valence-electron chi connectivity index (χ0n) is 6.89. The van der Waals surface area contributed by atoms with Gasteiger partial charge in [0.05, 0.1) is 5.70 Å². The molecule has 4 nitrogen and oxygen atoms in total. The Hall–Kier alpha value is -1.32. The molecule has 0 aromatic carbocycles. The average Bonchev–Trinajstić information content (AvgIpc) is 1.86. The molecule has 0 aliphatic carbocycles. The van der Waals surface area contributed by atoms with Crippen molar-refractivity contribution >= 4 is 11.7 Å². The number of Topliss-reactive ketones (excluding diaryl/α,β-unsaturated/α-hetero) is 1. The molecule has 0 radical (unpaired) electrons. The molecular formula is C7H12N2O2. The second kappa shape index (κ2) is 4.49. The monoisotopic (exact) mass is 156 g/mol. The van der Waals surface area contributed by atoms with Gasteiger partial charge in [0.15, 0.2) is 5.78 Å². The van der Waals surface area contributed by atoms with Crippen molar-refractivity contribution in [1.82, 2.24) is 10.6 Å². The fourth-order valence-corrected chi connectivity index (χ4v) is 0.560. The Labute approximate surface area is 65.7 Å². The van der Waals surface area contributed by atoms with E-state index >= 15 is 0 Å². The average molecular weight is 156 g/mol. The van der Waals surface area contributed by atoms with Crippen LogP contribution in [0.4, 0.5) is 0 Å². The summed E-state index contributed by atoms with van der Waals surface area (Å²) in [5.74, 6) is -0.420. The van der Waals surface area contributed by atoms with Crippen LogP contribution in [0.3, 0.4) is 0 Å². The highest BCUT2D eigenvalue weighted by molar-refractivity contribution is 5.96. The Morgan fingerprint density at radius 1 is 1.27 bits per heavy atom. The van der Waals surface area contributed by atoms with E-state index in [-0.39, 0.29) is 17.4 Å². The van der Waals surface area contributed by atoms with Crippen LogP contribution in [0.25, 0.3) is 0 Å². The molecule has 0 aliphatic rings. The maximum atomic E-state index is 10.7. The van der Waals surface area contributed by atoms with Crippen molar-refractivity contribution in [3.63, 3.8) is 0 Å². The lowest BCUT2D eigenvalue weighted by molar-refractivity contribution is -0.121. The van der Waals surface area contributed by atoms with E-state index in [4.69, 9.17) is 0 Å². The fraction of sp³-hybridized carbons (Fsp3) is 0.429. The van der Waals surface area contributed by atoms with Gasteiger partial charge < -0.3 is 10.6 Å². The molecule has 0 rings (SSSR count). The maximum absolute atomic E-state index is 10.7. The number of carbonyl (C=O) groups is 2. The quantitative estimate of drug-likeness (QED) is 0.555. The summed E-state index contributed by atoms with van der Waals surface area (Å²) in [6.45, 7) is 2.74. The van der Waals surface area contributed by atoms with Gasteiger partial charge >= 0.3 is 0 Å². The van der Waals surface area contributed by atoms with Crippen LogP contribution in [0.2, 0.25) is 0 Å². The van der Waals surface area contributed by atoms with E-state index in [0.29, 0.717) is 0 Å². The lowest BCUT2D eigenvalue weighted by Crippen LogP contribution is -2.25. The van der Waals surface area contributed by atoms with Crippen LogP contribution < -0.4 is 10.6 Å². The maximum Gasteiger partial charge on any atom is 0.221 e. The fourth-order valence-electron chi connectivity index (χ4n) is 0.560. The van der Waals surface area contributed by atoms with Crippen LogP contribution in [0.1, 0.15) is 13.8 Å². The first-order chi connectivity index (χ1) is 5.07. The summed E-state index contributed by atoms with van der Waals surface area (Å²) in [6.07, 6.45) is 1.45. The smallest absolute Gasteiger partial charge is 0.221 e.